The molecule has 2 aromatic rings. The quantitative estimate of drug-likeness (QED) is 0.784. The second-order valence-corrected chi connectivity index (χ2v) is 4.51. The number of fused-ring (bicyclic) bond motifs is 1. The molecule has 16 heavy (non-hydrogen) atoms. The van der Waals surface area contributed by atoms with Crippen molar-refractivity contribution in [3.63, 3.8) is 0 Å². The zero-order chi connectivity index (χ0) is 11.5. The minimum absolute atomic E-state index is 0.806. The fraction of sp³-hybridized carbons (Fsp3) is 0.385. The highest BCUT2D eigenvalue weighted by atomic mass is 35.5. The maximum atomic E-state index is 6.16. The first-order valence-corrected chi connectivity index (χ1v) is 6.02. The Morgan fingerprint density at radius 3 is 2.94 bits per heavy atom. The molecule has 1 heterocycles. The van der Waals surface area contributed by atoms with E-state index in [-0.39, 0.29) is 0 Å². The summed E-state index contributed by atoms with van der Waals surface area (Å²) >= 11 is 6.16. The lowest BCUT2D eigenvalue weighted by molar-refractivity contribution is 0.725. The molecule has 0 unspecified atom stereocenters. The molecule has 1 aromatic heterocycles. The van der Waals surface area contributed by atoms with Crippen molar-refractivity contribution < 1.29 is 0 Å². The maximum Gasteiger partial charge on any atom is 0.0648 e. The minimum Gasteiger partial charge on any atom is -0.357 e. The zero-order valence-corrected chi connectivity index (χ0v) is 10.5. The third-order valence-electron chi connectivity index (χ3n) is 2.96. The number of aryl methyl sites for hydroxylation is 2. The first-order valence-electron chi connectivity index (χ1n) is 5.64. The van der Waals surface area contributed by atoms with Crippen molar-refractivity contribution in [2.75, 3.05) is 13.6 Å². The predicted octanol–water partition coefficient (Wildman–Crippen LogP) is 3.28. The van der Waals surface area contributed by atoms with Gasteiger partial charge in [-0.15, -0.1) is 0 Å². The second kappa shape index (κ2) is 4.89. The first kappa shape index (κ1) is 11.5. The Labute approximate surface area is 101 Å². The van der Waals surface area contributed by atoms with Crippen LogP contribution in [0, 0.1) is 6.92 Å². The number of aromatic nitrogens is 1. The normalized spacial score (nSPS) is 11.2. The molecule has 0 aliphatic heterocycles. The molecular formula is C13H17ClN2. The molecule has 0 aliphatic carbocycles. The Hall–Kier alpha value is -0.990. The average molecular weight is 237 g/mol. The van der Waals surface area contributed by atoms with E-state index in [0.29, 0.717) is 0 Å². The standard InChI is InChI=1S/C13H17ClN2/c1-9-10(6-4-8-15-2)11-5-3-7-12(14)13(11)16-9/h3,5,7,15-16H,4,6,8H2,1-2H3. The first-order chi connectivity index (χ1) is 7.74. The lowest BCUT2D eigenvalue weighted by Gasteiger charge is -2.01. The third kappa shape index (κ3) is 2.08. The van der Waals surface area contributed by atoms with Gasteiger partial charge in [-0.1, -0.05) is 23.7 Å². The molecule has 0 fully saturated rings. The number of para-hydroxylation sites is 1. The number of rotatable bonds is 4. The Bertz CT molecular complexity index is 488. The molecule has 0 spiro atoms. The Kier molecular flexibility index (Phi) is 3.52. The van der Waals surface area contributed by atoms with E-state index in [0.717, 1.165) is 29.9 Å². The van der Waals surface area contributed by atoms with Gasteiger partial charge in [0, 0.05) is 11.1 Å². The Morgan fingerprint density at radius 2 is 2.19 bits per heavy atom. The molecule has 0 radical (unpaired) electrons. The summed E-state index contributed by atoms with van der Waals surface area (Å²) in [4.78, 5) is 3.37. The lowest BCUT2D eigenvalue weighted by atomic mass is 10.1. The molecule has 2 rings (SSSR count). The third-order valence-corrected chi connectivity index (χ3v) is 3.27. The summed E-state index contributed by atoms with van der Waals surface area (Å²) in [6.45, 7) is 3.16. The van der Waals surface area contributed by atoms with Crippen LogP contribution in [0.4, 0.5) is 0 Å². The molecule has 0 amide bonds. The summed E-state index contributed by atoms with van der Waals surface area (Å²) in [7, 11) is 1.99. The van der Waals surface area contributed by atoms with Crippen molar-refractivity contribution in [1.82, 2.24) is 10.3 Å². The topological polar surface area (TPSA) is 27.8 Å². The minimum atomic E-state index is 0.806. The highest BCUT2D eigenvalue weighted by molar-refractivity contribution is 6.35. The van der Waals surface area contributed by atoms with Crippen LogP contribution < -0.4 is 5.32 Å². The smallest absolute Gasteiger partial charge is 0.0648 e. The fourth-order valence-corrected chi connectivity index (χ4v) is 2.35. The largest absolute Gasteiger partial charge is 0.357 e. The van der Waals surface area contributed by atoms with E-state index in [4.69, 9.17) is 11.6 Å². The summed E-state index contributed by atoms with van der Waals surface area (Å²) in [6, 6.07) is 6.08. The van der Waals surface area contributed by atoms with Crippen LogP contribution in [-0.4, -0.2) is 18.6 Å². The number of benzene rings is 1. The monoisotopic (exact) mass is 236 g/mol. The van der Waals surface area contributed by atoms with Gasteiger partial charge in [-0.2, -0.15) is 0 Å². The van der Waals surface area contributed by atoms with Gasteiger partial charge in [0.25, 0.3) is 0 Å². The summed E-state index contributed by atoms with van der Waals surface area (Å²) in [5.41, 5.74) is 3.70. The van der Waals surface area contributed by atoms with E-state index in [1.807, 2.05) is 19.2 Å². The molecule has 1 aromatic carbocycles. The molecule has 86 valence electrons. The molecule has 0 saturated carbocycles. The maximum absolute atomic E-state index is 6.16. The highest BCUT2D eigenvalue weighted by Crippen LogP contribution is 2.28. The molecule has 2 nitrogen and oxygen atoms in total. The summed E-state index contributed by atoms with van der Waals surface area (Å²) in [6.07, 6.45) is 2.24. The highest BCUT2D eigenvalue weighted by Gasteiger charge is 2.09. The van der Waals surface area contributed by atoms with Gasteiger partial charge < -0.3 is 10.3 Å². The van der Waals surface area contributed by atoms with E-state index in [2.05, 4.69) is 23.3 Å². The van der Waals surface area contributed by atoms with Crippen molar-refractivity contribution >= 4 is 22.5 Å². The van der Waals surface area contributed by atoms with Crippen LogP contribution in [0.25, 0.3) is 10.9 Å². The van der Waals surface area contributed by atoms with Crippen molar-refractivity contribution in [2.24, 2.45) is 0 Å². The number of hydrogen-bond donors (Lipinski definition) is 2. The molecule has 2 N–H and O–H groups in total. The fourth-order valence-electron chi connectivity index (χ4n) is 2.13. The van der Waals surface area contributed by atoms with Gasteiger partial charge >= 0.3 is 0 Å². The molecule has 0 saturated heterocycles. The molecule has 0 aliphatic rings. The summed E-state index contributed by atoms with van der Waals surface area (Å²) in [5, 5.41) is 5.24. The number of hydrogen-bond acceptors (Lipinski definition) is 1. The lowest BCUT2D eigenvalue weighted by Crippen LogP contribution is -2.08. The summed E-state index contributed by atoms with van der Waals surface area (Å²) in [5.74, 6) is 0. The van der Waals surface area contributed by atoms with Crippen LogP contribution in [0.5, 0.6) is 0 Å². The van der Waals surface area contributed by atoms with E-state index in [1.165, 1.54) is 16.6 Å². The molecule has 0 atom stereocenters. The van der Waals surface area contributed by atoms with Crippen molar-refractivity contribution in [3.05, 3.63) is 34.5 Å². The SMILES string of the molecule is CNCCCc1c(C)[nH]c2c(Cl)cccc12. The van der Waals surface area contributed by atoms with Crippen LogP contribution in [0.2, 0.25) is 5.02 Å². The van der Waals surface area contributed by atoms with E-state index in [9.17, 15) is 0 Å². The number of H-pyrrole nitrogens is 1. The van der Waals surface area contributed by atoms with E-state index >= 15 is 0 Å². The van der Waals surface area contributed by atoms with Gasteiger partial charge in [0.15, 0.2) is 0 Å². The van der Waals surface area contributed by atoms with Gasteiger partial charge in [-0.05, 0) is 45.0 Å². The summed E-state index contributed by atoms with van der Waals surface area (Å²) < 4.78 is 0. The zero-order valence-electron chi connectivity index (χ0n) is 9.73. The van der Waals surface area contributed by atoms with Gasteiger partial charge in [0.2, 0.25) is 0 Å². The average Bonchev–Trinajstić information content (AvgIpc) is 2.58. The van der Waals surface area contributed by atoms with Crippen molar-refractivity contribution in [3.8, 4) is 0 Å². The van der Waals surface area contributed by atoms with Crippen molar-refractivity contribution in [1.29, 1.82) is 0 Å². The molecular weight excluding hydrogens is 220 g/mol. The molecule has 0 bridgehead atoms. The van der Waals surface area contributed by atoms with Crippen LogP contribution >= 0.6 is 11.6 Å². The number of aromatic amines is 1. The van der Waals surface area contributed by atoms with Gasteiger partial charge in [0.05, 0.1) is 10.5 Å². The Morgan fingerprint density at radius 1 is 1.38 bits per heavy atom. The van der Waals surface area contributed by atoms with Crippen molar-refractivity contribution in [2.45, 2.75) is 19.8 Å². The van der Waals surface area contributed by atoms with Crippen LogP contribution in [0.1, 0.15) is 17.7 Å². The van der Waals surface area contributed by atoms with Crippen LogP contribution in [-0.2, 0) is 6.42 Å². The van der Waals surface area contributed by atoms with Crippen LogP contribution in [0.15, 0.2) is 18.2 Å². The van der Waals surface area contributed by atoms with Gasteiger partial charge in [-0.25, -0.2) is 0 Å². The molecule has 3 heteroatoms. The predicted molar refractivity (Wildman–Crippen MR) is 70.3 cm³/mol. The van der Waals surface area contributed by atoms with Gasteiger partial charge in [-0.3, -0.25) is 0 Å². The van der Waals surface area contributed by atoms with E-state index < -0.39 is 0 Å². The van der Waals surface area contributed by atoms with Crippen LogP contribution in [0.3, 0.4) is 0 Å². The second-order valence-electron chi connectivity index (χ2n) is 4.10. The number of nitrogens with one attached hydrogen (secondary N) is 2. The van der Waals surface area contributed by atoms with E-state index in [1.54, 1.807) is 0 Å². The Balaban J connectivity index is 2.36. The number of halogens is 1. The van der Waals surface area contributed by atoms with Gasteiger partial charge in [0.1, 0.15) is 0 Å².